The summed E-state index contributed by atoms with van der Waals surface area (Å²) >= 11 is 0. The van der Waals surface area contributed by atoms with Crippen molar-refractivity contribution in [3.63, 3.8) is 0 Å². The molecule has 4 rings (SSSR count). The zero-order valence-electron chi connectivity index (χ0n) is 14.5. The van der Waals surface area contributed by atoms with E-state index in [0.29, 0.717) is 6.04 Å². The number of carbonyl (C=O) groups excluding carboxylic acids is 1. The summed E-state index contributed by atoms with van der Waals surface area (Å²) in [7, 11) is 1.91. The van der Waals surface area contributed by atoms with Gasteiger partial charge in [0, 0.05) is 39.1 Å². The van der Waals surface area contributed by atoms with E-state index in [1.54, 1.807) is 6.20 Å². The van der Waals surface area contributed by atoms with E-state index in [2.05, 4.69) is 16.0 Å². The maximum Gasteiger partial charge on any atom is 0.270 e. The highest BCUT2D eigenvalue weighted by Gasteiger charge is 2.36. The molecule has 2 saturated heterocycles. The van der Waals surface area contributed by atoms with E-state index >= 15 is 0 Å². The second-order valence-corrected chi connectivity index (χ2v) is 6.76. The van der Waals surface area contributed by atoms with Gasteiger partial charge in [0.2, 0.25) is 0 Å². The first kappa shape index (κ1) is 16.1. The van der Waals surface area contributed by atoms with Crippen LogP contribution in [0.3, 0.4) is 0 Å². The van der Waals surface area contributed by atoms with Crippen LogP contribution in [0.2, 0.25) is 0 Å². The number of hydrogen-bond acceptors (Lipinski definition) is 4. The third-order valence-electron chi connectivity index (χ3n) is 5.30. The molecule has 0 N–H and O–H groups in total. The third kappa shape index (κ3) is 3.14. The van der Waals surface area contributed by atoms with Crippen LogP contribution in [-0.2, 0) is 11.8 Å². The normalized spacial score (nSPS) is 23.9. The monoisotopic (exact) mass is 340 g/mol. The summed E-state index contributed by atoms with van der Waals surface area (Å²) in [6.07, 6.45) is 7.58. The fraction of sp³-hybridized carbons (Fsp3) is 0.474. The molecule has 6 nitrogen and oxygen atoms in total. The van der Waals surface area contributed by atoms with Crippen molar-refractivity contribution in [1.82, 2.24) is 14.5 Å². The molecule has 0 spiro atoms. The van der Waals surface area contributed by atoms with Crippen LogP contribution in [0, 0.1) is 0 Å². The van der Waals surface area contributed by atoms with Crippen molar-refractivity contribution in [3.05, 3.63) is 48.5 Å². The molecule has 0 radical (unpaired) electrons. The number of hydrogen-bond donors (Lipinski definition) is 0. The molecule has 132 valence electrons. The second kappa shape index (κ2) is 6.88. The topological polar surface area (TPSA) is 50.6 Å². The van der Waals surface area contributed by atoms with Crippen LogP contribution in [0.1, 0.15) is 23.3 Å². The van der Waals surface area contributed by atoms with Gasteiger partial charge < -0.3 is 19.1 Å². The Labute approximate surface area is 148 Å². The molecular formula is C19H24N4O2. The Morgan fingerprint density at radius 1 is 1.20 bits per heavy atom. The summed E-state index contributed by atoms with van der Waals surface area (Å²) in [6.45, 7) is 3.10. The predicted molar refractivity (Wildman–Crippen MR) is 95.7 cm³/mol. The molecule has 2 aliphatic heterocycles. The number of fused-ring (bicyclic) bond motifs is 1. The number of nitrogens with zero attached hydrogens (tertiary/aromatic N) is 4. The Balaban J connectivity index is 1.51. The number of ether oxygens (including phenoxy) is 1. The van der Waals surface area contributed by atoms with Crippen LogP contribution < -0.4 is 4.90 Å². The minimum absolute atomic E-state index is 0.110. The van der Waals surface area contributed by atoms with Gasteiger partial charge in [-0.25, -0.2) is 0 Å². The summed E-state index contributed by atoms with van der Waals surface area (Å²) in [4.78, 5) is 21.5. The van der Waals surface area contributed by atoms with E-state index in [4.69, 9.17) is 4.74 Å². The molecule has 2 fully saturated rings. The number of pyridine rings is 1. The highest BCUT2D eigenvalue weighted by Crippen LogP contribution is 2.28. The fourth-order valence-electron chi connectivity index (χ4n) is 3.97. The Morgan fingerprint density at radius 3 is 2.84 bits per heavy atom. The van der Waals surface area contributed by atoms with Crippen LogP contribution in [-0.4, -0.2) is 58.7 Å². The van der Waals surface area contributed by atoms with Crippen LogP contribution in [0.15, 0.2) is 42.9 Å². The molecule has 0 bridgehead atoms. The van der Waals surface area contributed by atoms with Gasteiger partial charge in [0.15, 0.2) is 0 Å². The van der Waals surface area contributed by atoms with Gasteiger partial charge in [-0.15, -0.1) is 0 Å². The smallest absolute Gasteiger partial charge is 0.270 e. The number of carbonyl (C=O) groups is 1. The molecule has 2 atom stereocenters. The predicted octanol–water partition coefficient (Wildman–Crippen LogP) is 1.93. The number of amides is 1. The Kier molecular flexibility index (Phi) is 4.44. The lowest BCUT2D eigenvalue weighted by Crippen LogP contribution is -2.51. The number of anilines is 1. The largest absolute Gasteiger partial charge is 0.374 e. The first-order chi connectivity index (χ1) is 12.2. The van der Waals surface area contributed by atoms with Crippen LogP contribution in [0.25, 0.3) is 0 Å². The maximum atomic E-state index is 12.8. The summed E-state index contributed by atoms with van der Waals surface area (Å²) in [6, 6.07) is 8.18. The Bertz CT molecular complexity index is 730. The van der Waals surface area contributed by atoms with Crippen molar-refractivity contribution in [3.8, 4) is 0 Å². The average molecular weight is 340 g/mol. The molecule has 0 saturated carbocycles. The van der Waals surface area contributed by atoms with Gasteiger partial charge in [0.05, 0.1) is 30.6 Å². The van der Waals surface area contributed by atoms with Crippen LogP contribution in [0.4, 0.5) is 5.69 Å². The SMILES string of the molecule is Cn1cccc1C(=O)N1CC[C@H]2OCCN(c3cccnc3)[C@H]2CC1. The lowest BCUT2D eigenvalue weighted by Gasteiger charge is -2.41. The van der Waals surface area contributed by atoms with Crippen LogP contribution >= 0.6 is 0 Å². The summed E-state index contributed by atoms with van der Waals surface area (Å²) in [5.74, 6) is 0.110. The standard InChI is InChI=1S/C19H24N4O2/c1-21-9-3-5-17(21)19(24)22-10-6-16-18(7-11-22)25-13-12-23(16)15-4-2-8-20-14-15/h2-5,8-9,14,16,18H,6-7,10-13H2,1H3/t16-,18+/m0/s1. The molecule has 2 aromatic heterocycles. The summed E-state index contributed by atoms with van der Waals surface area (Å²) in [5.41, 5.74) is 1.89. The average Bonchev–Trinajstić information content (AvgIpc) is 2.96. The highest BCUT2D eigenvalue weighted by atomic mass is 16.5. The van der Waals surface area contributed by atoms with Crippen molar-refractivity contribution in [2.75, 3.05) is 31.1 Å². The molecule has 0 aromatic carbocycles. The third-order valence-corrected chi connectivity index (χ3v) is 5.30. The van der Waals surface area contributed by atoms with Crippen molar-refractivity contribution in [2.45, 2.75) is 25.0 Å². The number of aromatic nitrogens is 2. The number of likely N-dealkylation sites (tertiary alicyclic amines) is 1. The van der Waals surface area contributed by atoms with Crippen molar-refractivity contribution >= 4 is 11.6 Å². The van der Waals surface area contributed by atoms with Gasteiger partial charge in [-0.2, -0.15) is 0 Å². The number of aryl methyl sites for hydroxylation is 1. The molecular weight excluding hydrogens is 316 g/mol. The number of rotatable bonds is 2. The number of morpholine rings is 1. The molecule has 1 amide bonds. The van der Waals surface area contributed by atoms with E-state index in [9.17, 15) is 4.79 Å². The zero-order chi connectivity index (χ0) is 17.2. The first-order valence-corrected chi connectivity index (χ1v) is 8.93. The summed E-state index contributed by atoms with van der Waals surface area (Å²) < 4.78 is 7.94. The van der Waals surface area contributed by atoms with Gasteiger partial charge in [-0.3, -0.25) is 9.78 Å². The summed E-state index contributed by atoms with van der Waals surface area (Å²) in [5, 5.41) is 0. The minimum atomic E-state index is 0.110. The van der Waals surface area contributed by atoms with E-state index in [0.717, 1.165) is 50.5 Å². The molecule has 2 aromatic rings. The van der Waals surface area contributed by atoms with Gasteiger partial charge >= 0.3 is 0 Å². The molecule has 25 heavy (non-hydrogen) atoms. The van der Waals surface area contributed by atoms with E-state index in [1.807, 2.05) is 47.1 Å². The van der Waals surface area contributed by atoms with Gasteiger partial charge in [-0.05, 0) is 37.1 Å². The molecule has 2 aliphatic rings. The Hall–Kier alpha value is -2.34. The molecule has 6 heteroatoms. The Morgan fingerprint density at radius 2 is 2.08 bits per heavy atom. The van der Waals surface area contributed by atoms with Crippen LogP contribution in [0.5, 0.6) is 0 Å². The molecule has 0 aliphatic carbocycles. The van der Waals surface area contributed by atoms with E-state index < -0.39 is 0 Å². The van der Waals surface area contributed by atoms with Crippen molar-refractivity contribution in [2.24, 2.45) is 7.05 Å². The van der Waals surface area contributed by atoms with E-state index in [1.165, 1.54) is 0 Å². The highest BCUT2D eigenvalue weighted by molar-refractivity contribution is 5.92. The zero-order valence-corrected chi connectivity index (χ0v) is 14.5. The van der Waals surface area contributed by atoms with Crippen molar-refractivity contribution < 1.29 is 9.53 Å². The maximum absolute atomic E-state index is 12.8. The lowest BCUT2D eigenvalue weighted by atomic mass is 10.0. The lowest BCUT2D eigenvalue weighted by molar-refractivity contribution is 0.00906. The van der Waals surface area contributed by atoms with E-state index in [-0.39, 0.29) is 12.0 Å². The van der Waals surface area contributed by atoms with Gasteiger partial charge in [-0.1, -0.05) is 0 Å². The second-order valence-electron chi connectivity index (χ2n) is 6.76. The quantitative estimate of drug-likeness (QED) is 0.838. The minimum Gasteiger partial charge on any atom is -0.374 e. The molecule has 0 unspecified atom stereocenters. The molecule has 4 heterocycles. The van der Waals surface area contributed by atoms with Crippen molar-refractivity contribution in [1.29, 1.82) is 0 Å². The van der Waals surface area contributed by atoms with Gasteiger partial charge in [0.25, 0.3) is 5.91 Å². The first-order valence-electron chi connectivity index (χ1n) is 8.93. The fourth-order valence-corrected chi connectivity index (χ4v) is 3.97. The van der Waals surface area contributed by atoms with Gasteiger partial charge in [0.1, 0.15) is 5.69 Å².